The number of rotatable bonds is 9. The fourth-order valence-corrected chi connectivity index (χ4v) is 2.46. The van der Waals surface area contributed by atoms with Crippen LogP contribution in [0.2, 0.25) is 0 Å². The first-order valence-corrected chi connectivity index (χ1v) is 9.02. The van der Waals surface area contributed by atoms with E-state index in [9.17, 15) is 14.4 Å². The van der Waals surface area contributed by atoms with E-state index in [-0.39, 0.29) is 24.8 Å². The molecule has 0 aliphatic heterocycles. The molecule has 0 saturated carbocycles. The molecule has 0 bridgehead atoms. The molecule has 0 radical (unpaired) electrons. The van der Waals surface area contributed by atoms with Crippen molar-refractivity contribution in [3.8, 4) is 5.75 Å². The van der Waals surface area contributed by atoms with Crippen molar-refractivity contribution in [3.05, 3.63) is 59.7 Å². The number of hydrogen-bond donors (Lipinski definition) is 2. The van der Waals surface area contributed by atoms with Crippen molar-refractivity contribution >= 4 is 23.5 Å². The van der Waals surface area contributed by atoms with Gasteiger partial charge in [0.25, 0.3) is 5.91 Å². The topological polar surface area (TPSA) is 93.7 Å². The molecule has 2 aromatic rings. The SMILES string of the molecule is CCOC(=O)c1cccc(NC(=O)CCCNC(=O)c2ccc(OC)cc2)c1. The van der Waals surface area contributed by atoms with Crippen molar-refractivity contribution < 1.29 is 23.9 Å². The molecule has 2 amide bonds. The number of carbonyl (C=O) groups excluding carboxylic acids is 3. The fourth-order valence-electron chi connectivity index (χ4n) is 2.46. The van der Waals surface area contributed by atoms with Crippen molar-refractivity contribution in [1.82, 2.24) is 5.32 Å². The number of ether oxygens (including phenoxy) is 2. The van der Waals surface area contributed by atoms with Crippen LogP contribution in [0, 0.1) is 0 Å². The smallest absolute Gasteiger partial charge is 0.338 e. The van der Waals surface area contributed by atoms with Crippen molar-refractivity contribution in [2.45, 2.75) is 19.8 Å². The van der Waals surface area contributed by atoms with Crippen LogP contribution in [0.3, 0.4) is 0 Å². The van der Waals surface area contributed by atoms with Crippen LogP contribution in [0.1, 0.15) is 40.5 Å². The van der Waals surface area contributed by atoms with E-state index in [0.29, 0.717) is 35.5 Å². The van der Waals surface area contributed by atoms with Gasteiger partial charge >= 0.3 is 5.97 Å². The summed E-state index contributed by atoms with van der Waals surface area (Å²) < 4.78 is 9.99. The summed E-state index contributed by atoms with van der Waals surface area (Å²) in [6, 6.07) is 13.4. The second-order valence-corrected chi connectivity index (χ2v) is 5.94. The van der Waals surface area contributed by atoms with Gasteiger partial charge in [-0.1, -0.05) is 6.07 Å². The molecule has 0 atom stereocenters. The van der Waals surface area contributed by atoms with Gasteiger partial charge in [0, 0.05) is 24.2 Å². The number of nitrogens with one attached hydrogen (secondary N) is 2. The maximum absolute atomic E-state index is 12.1. The fraction of sp³-hybridized carbons (Fsp3) is 0.286. The Balaban J connectivity index is 1.74. The maximum atomic E-state index is 12.1. The molecule has 0 spiro atoms. The highest BCUT2D eigenvalue weighted by atomic mass is 16.5. The van der Waals surface area contributed by atoms with Crippen molar-refractivity contribution in [1.29, 1.82) is 0 Å². The van der Waals surface area contributed by atoms with E-state index in [4.69, 9.17) is 9.47 Å². The summed E-state index contributed by atoms with van der Waals surface area (Å²) >= 11 is 0. The highest BCUT2D eigenvalue weighted by Crippen LogP contribution is 2.13. The predicted octanol–water partition coefficient (Wildman–Crippen LogP) is 3.02. The van der Waals surface area contributed by atoms with Crippen LogP contribution in [0.4, 0.5) is 5.69 Å². The summed E-state index contributed by atoms with van der Waals surface area (Å²) in [5.74, 6) is -0.148. The summed E-state index contributed by atoms with van der Waals surface area (Å²) in [6.07, 6.45) is 0.734. The van der Waals surface area contributed by atoms with Gasteiger partial charge in [0.2, 0.25) is 5.91 Å². The zero-order valence-corrected chi connectivity index (χ0v) is 16.0. The average molecular weight is 384 g/mol. The van der Waals surface area contributed by atoms with Gasteiger partial charge in [0.1, 0.15) is 5.75 Å². The minimum Gasteiger partial charge on any atom is -0.497 e. The van der Waals surface area contributed by atoms with Gasteiger partial charge < -0.3 is 20.1 Å². The Morgan fingerprint density at radius 3 is 2.43 bits per heavy atom. The summed E-state index contributed by atoms with van der Waals surface area (Å²) in [6.45, 7) is 2.40. The van der Waals surface area contributed by atoms with E-state index < -0.39 is 5.97 Å². The molecule has 2 rings (SSSR count). The van der Waals surface area contributed by atoms with E-state index in [1.54, 1.807) is 62.6 Å². The zero-order chi connectivity index (χ0) is 20.4. The van der Waals surface area contributed by atoms with Gasteiger partial charge in [0.15, 0.2) is 0 Å². The minimum atomic E-state index is -0.431. The zero-order valence-electron chi connectivity index (χ0n) is 16.0. The highest BCUT2D eigenvalue weighted by molar-refractivity contribution is 5.95. The molecule has 7 heteroatoms. The van der Waals surface area contributed by atoms with E-state index in [0.717, 1.165) is 0 Å². The van der Waals surface area contributed by atoms with Gasteiger partial charge in [0.05, 0.1) is 19.3 Å². The van der Waals surface area contributed by atoms with Crippen LogP contribution < -0.4 is 15.4 Å². The van der Waals surface area contributed by atoms with Gasteiger partial charge in [-0.25, -0.2) is 4.79 Å². The summed E-state index contributed by atoms with van der Waals surface area (Å²) in [5, 5.41) is 5.51. The molecule has 0 heterocycles. The third-order valence-electron chi connectivity index (χ3n) is 3.88. The standard InChI is InChI=1S/C21H24N2O5/c1-3-28-21(26)16-6-4-7-17(14-16)23-19(24)8-5-13-22-20(25)15-9-11-18(27-2)12-10-15/h4,6-7,9-12,14H,3,5,8,13H2,1-2H3,(H,22,25)(H,23,24). The van der Waals surface area contributed by atoms with Gasteiger partial charge in [-0.15, -0.1) is 0 Å². The monoisotopic (exact) mass is 384 g/mol. The maximum Gasteiger partial charge on any atom is 0.338 e. The lowest BCUT2D eigenvalue weighted by molar-refractivity contribution is -0.116. The second-order valence-electron chi connectivity index (χ2n) is 5.94. The van der Waals surface area contributed by atoms with E-state index in [2.05, 4.69) is 10.6 Å². The van der Waals surface area contributed by atoms with E-state index in [1.165, 1.54) is 0 Å². The Labute approximate surface area is 164 Å². The van der Waals surface area contributed by atoms with Gasteiger partial charge in [-0.3, -0.25) is 9.59 Å². The molecular weight excluding hydrogens is 360 g/mol. The number of esters is 1. The average Bonchev–Trinajstić information content (AvgIpc) is 2.71. The lowest BCUT2D eigenvalue weighted by Gasteiger charge is -2.08. The number of carbonyl (C=O) groups is 3. The molecule has 2 aromatic carbocycles. The Bertz CT molecular complexity index is 818. The Kier molecular flexibility index (Phi) is 8.02. The Morgan fingerprint density at radius 2 is 1.75 bits per heavy atom. The quantitative estimate of drug-likeness (QED) is 0.512. The van der Waals surface area contributed by atoms with Crippen LogP contribution in [0.25, 0.3) is 0 Å². The lowest BCUT2D eigenvalue weighted by Crippen LogP contribution is -2.25. The number of amides is 2. The van der Waals surface area contributed by atoms with Crippen LogP contribution in [-0.2, 0) is 9.53 Å². The molecular formula is C21H24N2O5. The minimum absolute atomic E-state index is 0.195. The Hall–Kier alpha value is -3.35. The first kappa shape index (κ1) is 21.0. The van der Waals surface area contributed by atoms with Crippen LogP contribution in [0.5, 0.6) is 5.75 Å². The molecule has 0 aromatic heterocycles. The lowest BCUT2D eigenvalue weighted by atomic mass is 10.2. The van der Waals surface area contributed by atoms with Crippen molar-refractivity contribution in [2.24, 2.45) is 0 Å². The number of benzene rings is 2. The molecule has 0 fully saturated rings. The number of anilines is 1. The molecule has 0 saturated heterocycles. The molecule has 0 aliphatic rings. The molecule has 0 aliphatic carbocycles. The number of hydrogen-bond acceptors (Lipinski definition) is 5. The summed E-state index contributed by atoms with van der Waals surface area (Å²) in [5.41, 5.74) is 1.44. The van der Waals surface area contributed by atoms with Gasteiger partial charge in [-0.05, 0) is 55.8 Å². The third kappa shape index (κ3) is 6.42. The van der Waals surface area contributed by atoms with Crippen LogP contribution >= 0.6 is 0 Å². The largest absolute Gasteiger partial charge is 0.497 e. The Morgan fingerprint density at radius 1 is 1.00 bits per heavy atom. The van der Waals surface area contributed by atoms with Crippen molar-refractivity contribution in [3.63, 3.8) is 0 Å². The summed E-state index contributed by atoms with van der Waals surface area (Å²) in [7, 11) is 1.56. The van der Waals surface area contributed by atoms with Crippen LogP contribution in [0.15, 0.2) is 48.5 Å². The normalized spacial score (nSPS) is 10.1. The molecule has 2 N–H and O–H groups in total. The molecule has 28 heavy (non-hydrogen) atoms. The third-order valence-corrected chi connectivity index (χ3v) is 3.88. The second kappa shape index (κ2) is 10.7. The first-order chi connectivity index (χ1) is 13.5. The number of methoxy groups -OCH3 is 1. The van der Waals surface area contributed by atoms with Gasteiger partial charge in [-0.2, -0.15) is 0 Å². The molecule has 148 valence electrons. The van der Waals surface area contributed by atoms with Crippen LogP contribution in [-0.4, -0.2) is 38.0 Å². The predicted molar refractivity (Wildman–Crippen MR) is 106 cm³/mol. The molecule has 0 unspecified atom stereocenters. The van der Waals surface area contributed by atoms with E-state index >= 15 is 0 Å². The molecule has 7 nitrogen and oxygen atoms in total. The van der Waals surface area contributed by atoms with E-state index in [1.807, 2.05) is 0 Å². The summed E-state index contributed by atoms with van der Waals surface area (Å²) in [4.78, 5) is 35.8. The highest BCUT2D eigenvalue weighted by Gasteiger charge is 2.09. The van der Waals surface area contributed by atoms with Crippen molar-refractivity contribution in [2.75, 3.05) is 25.6 Å². The first-order valence-electron chi connectivity index (χ1n) is 9.02.